The number of rotatable bonds is 5. The van der Waals surface area contributed by atoms with E-state index in [1.807, 2.05) is 12.3 Å². The summed E-state index contributed by atoms with van der Waals surface area (Å²) in [7, 11) is 1.54. The molecule has 0 bridgehead atoms. The third kappa shape index (κ3) is 3.77. The molecule has 1 aromatic heterocycles. The summed E-state index contributed by atoms with van der Waals surface area (Å²) in [4.78, 5) is 4.52. The third-order valence-corrected chi connectivity index (χ3v) is 5.25. The SMILES string of the molecule is CCC[C@H]1CC[C@H](c2ccc(-c3ccc(OC)cc3F)nc2)CC1. The van der Waals surface area contributed by atoms with Crippen LogP contribution in [0.1, 0.15) is 56.9 Å². The van der Waals surface area contributed by atoms with Gasteiger partial charge in [-0.25, -0.2) is 4.39 Å². The number of nitrogens with zero attached hydrogens (tertiary/aromatic N) is 1. The molecule has 1 fully saturated rings. The highest BCUT2D eigenvalue weighted by Gasteiger charge is 2.22. The molecule has 0 aliphatic heterocycles. The fraction of sp³-hybridized carbons (Fsp3) is 0.476. The molecule has 3 heteroatoms. The fourth-order valence-electron chi connectivity index (χ4n) is 3.83. The van der Waals surface area contributed by atoms with E-state index in [4.69, 9.17) is 4.74 Å². The van der Waals surface area contributed by atoms with Gasteiger partial charge in [-0.3, -0.25) is 4.98 Å². The van der Waals surface area contributed by atoms with Crippen LogP contribution in [0.15, 0.2) is 36.5 Å². The normalized spacial score (nSPS) is 20.8. The van der Waals surface area contributed by atoms with Gasteiger partial charge in [-0.1, -0.05) is 25.8 Å². The molecule has 2 nitrogen and oxygen atoms in total. The summed E-state index contributed by atoms with van der Waals surface area (Å²) in [6, 6.07) is 8.96. The van der Waals surface area contributed by atoms with Crippen LogP contribution in [-0.2, 0) is 0 Å². The highest BCUT2D eigenvalue weighted by molar-refractivity contribution is 5.61. The summed E-state index contributed by atoms with van der Waals surface area (Å²) in [5, 5.41) is 0. The molecule has 1 heterocycles. The molecule has 3 rings (SSSR count). The van der Waals surface area contributed by atoms with E-state index in [1.54, 1.807) is 12.1 Å². The van der Waals surface area contributed by atoms with Gasteiger partial charge in [0.25, 0.3) is 0 Å². The van der Waals surface area contributed by atoms with Crippen molar-refractivity contribution in [2.24, 2.45) is 5.92 Å². The van der Waals surface area contributed by atoms with Crippen LogP contribution >= 0.6 is 0 Å². The van der Waals surface area contributed by atoms with Gasteiger partial charge in [0.1, 0.15) is 11.6 Å². The minimum absolute atomic E-state index is 0.297. The zero-order valence-electron chi connectivity index (χ0n) is 14.6. The van der Waals surface area contributed by atoms with Gasteiger partial charge in [0.15, 0.2) is 0 Å². The van der Waals surface area contributed by atoms with E-state index in [-0.39, 0.29) is 5.82 Å². The summed E-state index contributed by atoms with van der Waals surface area (Å²) >= 11 is 0. The third-order valence-electron chi connectivity index (χ3n) is 5.25. The lowest BCUT2D eigenvalue weighted by Crippen LogP contribution is -2.13. The molecule has 1 saturated carbocycles. The van der Waals surface area contributed by atoms with Gasteiger partial charge < -0.3 is 4.74 Å². The molecule has 1 aliphatic carbocycles. The van der Waals surface area contributed by atoms with Crippen molar-refractivity contribution in [1.29, 1.82) is 0 Å². The zero-order valence-corrected chi connectivity index (χ0v) is 14.6. The Morgan fingerprint density at radius 1 is 1.12 bits per heavy atom. The maximum atomic E-state index is 14.2. The zero-order chi connectivity index (χ0) is 16.9. The van der Waals surface area contributed by atoms with Gasteiger partial charge in [0, 0.05) is 17.8 Å². The molecule has 0 amide bonds. The molecule has 0 atom stereocenters. The van der Waals surface area contributed by atoms with E-state index in [0.29, 0.717) is 22.9 Å². The predicted molar refractivity (Wildman–Crippen MR) is 95.8 cm³/mol. The van der Waals surface area contributed by atoms with E-state index in [1.165, 1.54) is 57.3 Å². The Labute approximate surface area is 144 Å². The molecule has 128 valence electrons. The smallest absolute Gasteiger partial charge is 0.136 e. The average molecular weight is 327 g/mol. The van der Waals surface area contributed by atoms with E-state index in [2.05, 4.69) is 18.0 Å². The molecule has 0 spiro atoms. The molecule has 0 unspecified atom stereocenters. The summed E-state index contributed by atoms with van der Waals surface area (Å²) in [5.41, 5.74) is 2.50. The molecule has 0 radical (unpaired) electrons. The second-order valence-corrected chi connectivity index (χ2v) is 6.83. The standard InChI is InChI=1S/C21H26FNO/c1-3-4-15-5-7-16(8-6-15)17-9-12-21(23-14-17)19-11-10-18(24-2)13-20(19)22/h9-16H,3-8H2,1-2H3/t15-,16-. The van der Waals surface area contributed by atoms with Crippen molar-refractivity contribution in [3.63, 3.8) is 0 Å². The fourth-order valence-corrected chi connectivity index (χ4v) is 3.83. The Morgan fingerprint density at radius 2 is 1.92 bits per heavy atom. The molecule has 24 heavy (non-hydrogen) atoms. The van der Waals surface area contributed by atoms with Crippen LogP contribution in [0.5, 0.6) is 5.75 Å². The van der Waals surface area contributed by atoms with Crippen LogP contribution in [0.3, 0.4) is 0 Å². The second kappa shape index (κ2) is 7.78. The number of hydrogen-bond acceptors (Lipinski definition) is 2. The maximum absolute atomic E-state index is 14.2. The Bertz CT molecular complexity index is 660. The maximum Gasteiger partial charge on any atom is 0.136 e. The van der Waals surface area contributed by atoms with Crippen molar-refractivity contribution in [1.82, 2.24) is 4.98 Å². The Balaban J connectivity index is 1.70. The lowest BCUT2D eigenvalue weighted by molar-refractivity contribution is 0.308. The second-order valence-electron chi connectivity index (χ2n) is 6.83. The molecule has 0 N–H and O–H groups in total. The summed E-state index contributed by atoms with van der Waals surface area (Å²) < 4.78 is 19.2. The van der Waals surface area contributed by atoms with Crippen molar-refractivity contribution in [2.45, 2.75) is 51.4 Å². The monoisotopic (exact) mass is 327 g/mol. The number of halogens is 1. The minimum Gasteiger partial charge on any atom is -0.497 e. The topological polar surface area (TPSA) is 22.1 Å². The average Bonchev–Trinajstić information content (AvgIpc) is 2.63. The van der Waals surface area contributed by atoms with Gasteiger partial charge in [-0.15, -0.1) is 0 Å². The number of ether oxygens (including phenoxy) is 1. The van der Waals surface area contributed by atoms with Crippen LogP contribution in [0.2, 0.25) is 0 Å². The Morgan fingerprint density at radius 3 is 2.50 bits per heavy atom. The largest absolute Gasteiger partial charge is 0.497 e. The Kier molecular flexibility index (Phi) is 5.49. The molecular weight excluding hydrogens is 301 g/mol. The molecule has 2 aromatic rings. The van der Waals surface area contributed by atoms with Crippen molar-refractivity contribution in [3.8, 4) is 17.0 Å². The molecule has 1 aromatic carbocycles. The lowest BCUT2D eigenvalue weighted by Gasteiger charge is -2.28. The van der Waals surface area contributed by atoms with Crippen molar-refractivity contribution < 1.29 is 9.13 Å². The van der Waals surface area contributed by atoms with E-state index in [0.717, 1.165) is 5.92 Å². The van der Waals surface area contributed by atoms with Crippen LogP contribution < -0.4 is 4.74 Å². The summed E-state index contributed by atoms with van der Waals surface area (Å²) in [5.74, 6) is 1.75. The first-order valence-corrected chi connectivity index (χ1v) is 9.01. The molecule has 1 aliphatic rings. The Hall–Kier alpha value is -1.90. The van der Waals surface area contributed by atoms with Crippen LogP contribution in [0.4, 0.5) is 4.39 Å². The first-order chi connectivity index (χ1) is 11.7. The van der Waals surface area contributed by atoms with Crippen LogP contribution in [0.25, 0.3) is 11.3 Å². The van der Waals surface area contributed by atoms with Crippen LogP contribution in [0, 0.1) is 11.7 Å². The number of benzene rings is 1. The van der Waals surface area contributed by atoms with Crippen molar-refractivity contribution in [2.75, 3.05) is 7.11 Å². The number of pyridine rings is 1. The number of methoxy groups -OCH3 is 1. The van der Waals surface area contributed by atoms with Crippen molar-refractivity contribution in [3.05, 3.63) is 47.9 Å². The highest BCUT2D eigenvalue weighted by atomic mass is 19.1. The van der Waals surface area contributed by atoms with E-state index < -0.39 is 0 Å². The van der Waals surface area contributed by atoms with Gasteiger partial charge in [0.05, 0.1) is 12.8 Å². The van der Waals surface area contributed by atoms with Gasteiger partial charge in [-0.05, 0) is 61.3 Å². The van der Waals surface area contributed by atoms with Gasteiger partial charge in [-0.2, -0.15) is 0 Å². The first-order valence-electron chi connectivity index (χ1n) is 9.01. The quantitative estimate of drug-likeness (QED) is 0.675. The lowest BCUT2D eigenvalue weighted by atomic mass is 9.77. The predicted octanol–water partition coefficient (Wildman–Crippen LogP) is 5.97. The molecular formula is C21H26FNO. The first kappa shape index (κ1) is 16.9. The van der Waals surface area contributed by atoms with Crippen LogP contribution in [-0.4, -0.2) is 12.1 Å². The highest BCUT2D eigenvalue weighted by Crippen LogP contribution is 2.37. The van der Waals surface area contributed by atoms with Gasteiger partial charge >= 0.3 is 0 Å². The van der Waals surface area contributed by atoms with E-state index in [9.17, 15) is 4.39 Å². The van der Waals surface area contributed by atoms with E-state index >= 15 is 0 Å². The van der Waals surface area contributed by atoms with Crippen molar-refractivity contribution >= 4 is 0 Å². The number of hydrogen-bond donors (Lipinski definition) is 0. The minimum atomic E-state index is -0.297. The summed E-state index contributed by atoms with van der Waals surface area (Å²) in [6.45, 7) is 2.27. The van der Waals surface area contributed by atoms with Gasteiger partial charge in [0.2, 0.25) is 0 Å². The summed E-state index contributed by atoms with van der Waals surface area (Å²) in [6.07, 6.45) is 9.75. The molecule has 0 saturated heterocycles. The number of aromatic nitrogens is 1.